The second-order valence-electron chi connectivity index (χ2n) is 3.31. The Hall–Kier alpha value is -2.30. The van der Waals surface area contributed by atoms with E-state index in [1.807, 2.05) is 0 Å². The fourth-order valence-corrected chi connectivity index (χ4v) is 1.46. The van der Waals surface area contributed by atoms with Crippen molar-refractivity contribution < 1.29 is 19.5 Å². The molecule has 2 N–H and O–H groups in total. The summed E-state index contributed by atoms with van der Waals surface area (Å²) < 4.78 is 5.11. The van der Waals surface area contributed by atoms with E-state index in [0.717, 1.165) is 0 Å². The quantitative estimate of drug-likeness (QED) is 0.433. The van der Waals surface area contributed by atoms with Crippen molar-refractivity contribution in [2.45, 2.75) is 6.92 Å². The van der Waals surface area contributed by atoms with Gasteiger partial charge in [-0.15, -0.1) is 0 Å². The van der Waals surface area contributed by atoms with Crippen LogP contribution >= 0.6 is 0 Å². The monoisotopic (exact) mass is 219 g/mol. The number of hydrogen-bond acceptors (Lipinski definition) is 5. The Labute approximate surface area is 90.2 Å². The lowest BCUT2D eigenvalue weighted by atomic mass is 10.1. The molecular weight excluding hydrogens is 210 g/mol. The van der Waals surface area contributed by atoms with E-state index >= 15 is 0 Å². The van der Waals surface area contributed by atoms with Crippen LogP contribution in [0.4, 0.5) is 0 Å². The van der Waals surface area contributed by atoms with Gasteiger partial charge < -0.3 is 14.7 Å². The zero-order chi connectivity index (χ0) is 11.7. The minimum Gasteiger partial charge on any atom is -0.504 e. The Morgan fingerprint density at radius 3 is 2.62 bits per heavy atom. The van der Waals surface area contributed by atoms with Crippen molar-refractivity contribution >= 4 is 16.8 Å². The maximum atomic E-state index is 11.2. The molecule has 5 nitrogen and oxygen atoms in total. The predicted octanol–water partition coefficient (Wildman–Crippen LogP) is 1.63. The Balaban J connectivity index is 2.86. The molecule has 82 valence electrons. The number of carbonyl (C=O) groups is 1. The average Bonchev–Trinajstić information content (AvgIpc) is 2.28. The second kappa shape index (κ2) is 3.69. The molecule has 0 aliphatic heterocycles. The Morgan fingerprint density at radius 1 is 1.31 bits per heavy atom. The molecule has 5 heteroatoms. The highest BCUT2D eigenvalue weighted by Crippen LogP contribution is 2.27. The van der Waals surface area contributed by atoms with E-state index in [2.05, 4.69) is 5.16 Å². The van der Waals surface area contributed by atoms with Crippen molar-refractivity contribution in [3.63, 3.8) is 0 Å². The molecule has 0 aliphatic rings. The summed E-state index contributed by atoms with van der Waals surface area (Å²) >= 11 is 0. The minimum atomic E-state index is -0.263. The van der Waals surface area contributed by atoms with E-state index in [0.29, 0.717) is 5.39 Å². The number of hydrogen-bond donors (Lipinski definition) is 2. The molecular formula is C11H9NO4. The summed E-state index contributed by atoms with van der Waals surface area (Å²) in [6.07, 6.45) is 0. The summed E-state index contributed by atoms with van der Waals surface area (Å²) in [4.78, 5) is 11.2. The zero-order valence-corrected chi connectivity index (χ0v) is 8.47. The van der Waals surface area contributed by atoms with Crippen molar-refractivity contribution in [2.75, 3.05) is 0 Å². The Bertz CT molecular complexity index is 627. The van der Waals surface area contributed by atoms with Gasteiger partial charge in [0.2, 0.25) is 0 Å². The van der Waals surface area contributed by atoms with Gasteiger partial charge in [0.15, 0.2) is 17.1 Å². The summed E-state index contributed by atoms with van der Waals surface area (Å²) in [6, 6.07) is 6.24. The number of Topliss-reactive ketones (excluding diaryl/α,β-unsaturated/α-hetero) is 1. The van der Waals surface area contributed by atoms with Crippen LogP contribution in [0.15, 0.2) is 33.8 Å². The smallest absolute Gasteiger partial charge is 0.255 e. The van der Waals surface area contributed by atoms with Gasteiger partial charge in [0.1, 0.15) is 0 Å². The molecule has 0 aliphatic carbocycles. The molecule has 1 aromatic carbocycles. The minimum absolute atomic E-state index is 0.0384. The predicted molar refractivity (Wildman–Crippen MR) is 55.2 cm³/mol. The van der Waals surface area contributed by atoms with Crippen molar-refractivity contribution in [3.05, 3.63) is 35.4 Å². The Kier molecular flexibility index (Phi) is 2.36. The number of carbonyl (C=O) groups excluding carboxylic acids is 1. The van der Waals surface area contributed by atoms with Crippen molar-refractivity contribution in [1.82, 2.24) is 0 Å². The van der Waals surface area contributed by atoms with Crippen LogP contribution in [-0.4, -0.2) is 16.1 Å². The molecule has 0 saturated carbocycles. The summed E-state index contributed by atoms with van der Waals surface area (Å²) in [5.74, 6) is -0.503. The highest BCUT2D eigenvalue weighted by molar-refractivity contribution is 6.01. The molecule has 1 heterocycles. The van der Waals surface area contributed by atoms with Crippen molar-refractivity contribution in [2.24, 2.45) is 5.16 Å². The first-order valence-corrected chi connectivity index (χ1v) is 4.58. The van der Waals surface area contributed by atoms with E-state index in [1.165, 1.54) is 19.1 Å². The summed E-state index contributed by atoms with van der Waals surface area (Å²) in [7, 11) is 0. The Morgan fingerprint density at radius 2 is 2.00 bits per heavy atom. The summed E-state index contributed by atoms with van der Waals surface area (Å²) in [5.41, 5.74) is 0.262. The second-order valence-corrected chi connectivity index (χ2v) is 3.31. The van der Waals surface area contributed by atoms with Gasteiger partial charge >= 0.3 is 0 Å². The molecule has 0 fully saturated rings. The highest BCUT2D eigenvalue weighted by atomic mass is 16.5. The van der Waals surface area contributed by atoms with Crippen LogP contribution in [0.5, 0.6) is 5.75 Å². The standard InChI is InChI=1S/C11H9NO4/c1-6(13)8-4-2-7-3-5-9(12-15)16-11(7)10(8)14/h2-5,14-15H,1H3. The molecule has 0 spiro atoms. The average molecular weight is 219 g/mol. The molecule has 16 heavy (non-hydrogen) atoms. The number of nitrogens with zero attached hydrogens (tertiary/aromatic N) is 1. The van der Waals surface area contributed by atoms with Crippen LogP contribution in [0.25, 0.3) is 11.0 Å². The lowest BCUT2D eigenvalue weighted by molar-refractivity contribution is 0.101. The van der Waals surface area contributed by atoms with Crippen LogP contribution in [0.1, 0.15) is 17.3 Å². The number of phenolic OH excluding ortho intramolecular Hbond substituents is 1. The van der Waals surface area contributed by atoms with Crippen LogP contribution in [-0.2, 0) is 0 Å². The van der Waals surface area contributed by atoms with E-state index in [1.54, 1.807) is 12.1 Å². The van der Waals surface area contributed by atoms with Crippen LogP contribution < -0.4 is 5.55 Å². The van der Waals surface area contributed by atoms with Gasteiger partial charge in [0, 0.05) is 11.5 Å². The van der Waals surface area contributed by atoms with Gasteiger partial charge in [-0.05, 0) is 24.2 Å². The van der Waals surface area contributed by atoms with Gasteiger partial charge in [-0.2, -0.15) is 0 Å². The molecule has 0 bridgehead atoms. The molecule has 0 amide bonds. The van der Waals surface area contributed by atoms with Gasteiger partial charge in [0.05, 0.1) is 5.56 Å². The third-order valence-corrected chi connectivity index (χ3v) is 2.25. The van der Waals surface area contributed by atoms with Gasteiger partial charge in [0.25, 0.3) is 5.55 Å². The SMILES string of the molecule is CC(=O)c1ccc2ccc(=NO)oc2c1O. The lowest BCUT2D eigenvalue weighted by Crippen LogP contribution is -2.00. The maximum Gasteiger partial charge on any atom is 0.255 e. The van der Waals surface area contributed by atoms with E-state index in [4.69, 9.17) is 9.62 Å². The van der Waals surface area contributed by atoms with Gasteiger partial charge in [-0.25, -0.2) is 0 Å². The fraction of sp³-hybridized carbons (Fsp3) is 0.0909. The largest absolute Gasteiger partial charge is 0.504 e. The van der Waals surface area contributed by atoms with Crippen LogP contribution in [0, 0.1) is 0 Å². The van der Waals surface area contributed by atoms with Crippen LogP contribution in [0.3, 0.4) is 0 Å². The molecule has 2 aromatic rings. The van der Waals surface area contributed by atoms with E-state index in [-0.39, 0.29) is 28.2 Å². The topological polar surface area (TPSA) is 83.0 Å². The van der Waals surface area contributed by atoms with Gasteiger partial charge in [-0.3, -0.25) is 4.79 Å². The number of ketones is 1. The van der Waals surface area contributed by atoms with E-state index < -0.39 is 0 Å². The maximum absolute atomic E-state index is 11.2. The lowest BCUT2D eigenvalue weighted by Gasteiger charge is -2.03. The molecule has 0 unspecified atom stereocenters. The fourth-order valence-electron chi connectivity index (χ4n) is 1.46. The van der Waals surface area contributed by atoms with Crippen molar-refractivity contribution in [1.29, 1.82) is 0 Å². The molecule has 0 saturated heterocycles. The molecule has 2 rings (SSSR count). The third-order valence-electron chi connectivity index (χ3n) is 2.25. The first kappa shape index (κ1) is 10.2. The number of fused-ring (bicyclic) bond motifs is 1. The van der Waals surface area contributed by atoms with E-state index in [9.17, 15) is 9.90 Å². The number of aromatic hydroxyl groups is 1. The molecule has 0 radical (unpaired) electrons. The third kappa shape index (κ3) is 1.52. The number of benzene rings is 1. The number of rotatable bonds is 1. The summed E-state index contributed by atoms with van der Waals surface area (Å²) in [6.45, 7) is 1.35. The van der Waals surface area contributed by atoms with Gasteiger partial charge in [-0.1, -0.05) is 6.07 Å². The zero-order valence-electron chi connectivity index (χ0n) is 8.47. The first-order chi connectivity index (χ1) is 7.63. The number of phenols is 1. The molecule has 0 atom stereocenters. The summed E-state index contributed by atoms with van der Waals surface area (Å²) in [5, 5.41) is 21.8. The molecule has 1 aromatic heterocycles. The highest BCUT2D eigenvalue weighted by Gasteiger charge is 2.11. The van der Waals surface area contributed by atoms with Crippen LogP contribution in [0.2, 0.25) is 0 Å². The first-order valence-electron chi connectivity index (χ1n) is 4.58. The van der Waals surface area contributed by atoms with Crippen molar-refractivity contribution in [3.8, 4) is 5.75 Å². The normalized spacial score (nSPS) is 11.9.